The van der Waals surface area contributed by atoms with Crippen LogP contribution in [0.3, 0.4) is 0 Å². The fourth-order valence-electron chi connectivity index (χ4n) is 1.62. The van der Waals surface area contributed by atoms with Gasteiger partial charge in [-0.3, -0.25) is 4.79 Å². The minimum absolute atomic E-state index is 0.0996. The molecule has 0 aliphatic heterocycles. The summed E-state index contributed by atoms with van der Waals surface area (Å²) in [5, 5.41) is 3.63. The average Bonchev–Trinajstić information content (AvgIpc) is 2.45. The van der Waals surface area contributed by atoms with Gasteiger partial charge in [-0.25, -0.2) is 9.97 Å². The van der Waals surface area contributed by atoms with Crippen LogP contribution in [0.4, 0.5) is 0 Å². The fraction of sp³-hybridized carbons (Fsp3) is 0.214. The first-order chi connectivity index (χ1) is 9.19. The summed E-state index contributed by atoms with van der Waals surface area (Å²) in [6.45, 7) is 2.23. The van der Waals surface area contributed by atoms with Gasteiger partial charge in [0.15, 0.2) is 0 Å². The van der Waals surface area contributed by atoms with Gasteiger partial charge in [0, 0.05) is 17.1 Å². The van der Waals surface area contributed by atoms with Crippen molar-refractivity contribution >= 4 is 21.8 Å². The molecule has 0 radical (unpaired) electrons. The molecule has 0 saturated heterocycles. The van der Waals surface area contributed by atoms with Crippen LogP contribution in [0.2, 0.25) is 0 Å². The zero-order valence-corrected chi connectivity index (χ0v) is 12.1. The molecule has 0 aliphatic rings. The number of rotatable bonds is 4. The topological polar surface area (TPSA) is 54.9 Å². The summed E-state index contributed by atoms with van der Waals surface area (Å²) in [7, 11) is 0. The van der Waals surface area contributed by atoms with E-state index in [4.69, 9.17) is 0 Å². The first-order valence-electron chi connectivity index (χ1n) is 5.90. The number of aromatic nitrogens is 2. The van der Waals surface area contributed by atoms with Gasteiger partial charge in [-0.2, -0.15) is 0 Å². The maximum Gasteiger partial charge on any atom is 0.251 e. The number of nitrogens with zero attached hydrogens (tertiary/aromatic N) is 2. The summed E-state index contributed by atoms with van der Waals surface area (Å²) < 4.78 is 0. The molecule has 1 N–H and O–H groups in total. The maximum absolute atomic E-state index is 11.9. The largest absolute Gasteiger partial charge is 0.346 e. The minimum Gasteiger partial charge on any atom is -0.346 e. The van der Waals surface area contributed by atoms with Gasteiger partial charge in [-0.1, -0.05) is 28.1 Å². The molecule has 1 amide bonds. The number of hydrogen-bond donors (Lipinski definition) is 1. The molecule has 2 rings (SSSR count). The average molecular weight is 320 g/mol. The predicted molar refractivity (Wildman–Crippen MR) is 77.0 cm³/mol. The van der Waals surface area contributed by atoms with Crippen molar-refractivity contribution in [3.05, 3.63) is 59.2 Å². The lowest BCUT2D eigenvalue weighted by atomic mass is 10.1. The Kier molecular flexibility index (Phi) is 4.63. The molecule has 1 aromatic carbocycles. The smallest absolute Gasteiger partial charge is 0.251 e. The summed E-state index contributed by atoms with van der Waals surface area (Å²) >= 11 is 3.37. The highest BCUT2D eigenvalue weighted by Gasteiger charge is 2.05. The fourth-order valence-corrected chi connectivity index (χ4v) is 2.00. The Morgan fingerprint density at radius 3 is 2.63 bits per heavy atom. The van der Waals surface area contributed by atoms with Gasteiger partial charge in [0.2, 0.25) is 0 Å². The number of aryl methyl sites for hydroxylation is 1. The number of benzene rings is 1. The van der Waals surface area contributed by atoms with E-state index in [1.807, 2.05) is 31.2 Å². The van der Waals surface area contributed by atoms with E-state index in [-0.39, 0.29) is 5.91 Å². The van der Waals surface area contributed by atoms with E-state index < -0.39 is 0 Å². The van der Waals surface area contributed by atoms with E-state index in [0.717, 1.165) is 16.6 Å². The number of carbonyl (C=O) groups is 1. The molecule has 19 heavy (non-hydrogen) atoms. The quantitative estimate of drug-likeness (QED) is 0.881. The van der Waals surface area contributed by atoms with Crippen molar-refractivity contribution in [2.24, 2.45) is 0 Å². The Morgan fingerprint density at radius 2 is 2.00 bits per heavy atom. The number of carbonyl (C=O) groups excluding carboxylic acids is 1. The van der Waals surface area contributed by atoms with Crippen molar-refractivity contribution in [2.45, 2.75) is 18.8 Å². The highest BCUT2D eigenvalue weighted by molar-refractivity contribution is 9.08. The predicted octanol–water partition coefficient (Wildman–Crippen LogP) is 2.61. The molecular formula is C14H14BrN3O. The molecule has 0 fully saturated rings. The van der Waals surface area contributed by atoms with E-state index in [2.05, 4.69) is 31.2 Å². The third-order valence-electron chi connectivity index (χ3n) is 2.63. The number of halogens is 1. The monoisotopic (exact) mass is 319 g/mol. The van der Waals surface area contributed by atoms with E-state index in [0.29, 0.717) is 17.9 Å². The van der Waals surface area contributed by atoms with E-state index in [9.17, 15) is 4.79 Å². The van der Waals surface area contributed by atoms with Gasteiger partial charge >= 0.3 is 0 Å². The van der Waals surface area contributed by atoms with Gasteiger partial charge in [-0.15, -0.1) is 0 Å². The number of alkyl halides is 1. The molecule has 2 aromatic rings. The van der Waals surface area contributed by atoms with Crippen molar-refractivity contribution < 1.29 is 4.79 Å². The Balaban J connectivity index is 1.97. The molecule has 4 nitrogen and oxygen atoms in total. The molecule has 98 valence electrons. The van der Waals surface area contributed by atoms with E-state index >= 15 is 0 Å². The molecule has 0 saturated carbocycles. The standard InChI is InChI=1S/C14H14BrN3O/c1-10-16-7-6-13(18-10)9-17-14(19)12-4-2-11(8-15)3-5-12/h2-7H,8-9H2,1H3,(H,17,19). The van der Waals surface area contributed by atoms with Crippen LogP contribution < -0.4 is 5.32 Å². The van der Waals surface area contributed by atoms with Crippen molar-refractivity contribution in [3.8, 4) is 0 Å². The molecule has 0 aliphatic carbocycles. The Morgan fingerprint density at radius 1 is 1.26 bits per heavy atom. The van der Waals surface area contributed by atoms with Crippen LogP contribution in [0.25, 0.3) is 0 Å². The first kappa shape index (κ1) is 13.7. The lowest BCUT2D eigenvalue weighted by molar-refractivity contribution is 0.0950. The SMILES string of the molecule is Cc1nccc(CNC(=O)c2ccc(CBr)cc2)n1. The minimum atomic E-state index is -0.0996. The summed E-state index contributed by atoms with van der Waals surface area (Å²) in [5.74, 6) is 0.603. The van der Waals surface area contributed by atoms with Crippen LogP contribution >= 0.6 is 15.9 Å². The molecule has 0 spiro atoms. The maximum atomic E-state index is 11.9. The van der Waals surface area contributed by atoms with Gasteiger partial charge in [-0.05, 0) is 30.7 Å². The summed E-state index contributed by atoms with van der Waals surface area (Å²) in [4.78, 5) is 20.2. The lowest BCUT2D eigenvalue weighted by Gasteiger charge is -2.05. The highest BCUT2D eigenvalue weighted by Crippen LogP contribution is 2.08. The van der Waals surface area contributed by atoms with Crippen LogP contribution in [0.5, 0.6) is 0 Å². The van der Waals surface area contributed by atoms with Crippen molar-refractivity contribution in [1.82, 2.24) is 15.3 Å². The van der Waals surface area contributed by atoms with Crippen molar-refractivity contribution in [3.63, 3.8) is 0 Å². The molecular weight excluding hydrogens is 306 g/mol. The molecule has 0 bridgehead atoms. The molecule has 5 heteroatoms. The van der Waals surface area contributed by atoms with Crippen LogP contribution in [0.15, 0.2) is 36.5 Å². The van der Waals surface area contributed by atoms with E-state index in [1.165, 1.54) is 0 Å². The normalized spacial score (nSPS) is 10.2. The Hall–Kier alpha value is -1.75. The summed E-state index contributed by atoms with van der Waals surface area (Å²) in [6.07, 6.45) is 1.69. The second-order valence-electron chi connectivity index (χ2n) is 4.11. The van der Waals surface area contributed by atoms with Gasteiger partial charge in [0.05, 0.1) is 12.2 Å². The van der Waals surface area contributed by atoms with E-state index in [1.54, 1.807) is 12.3 Å². The third-order valence-corrected chi connectivity index (χ3v) is 3.28. The Bertz CT molecular complexity index is 569. The van der Waals surface area contributed by atoms with Gasteiger partial charge in [0.1, 0.15) is 5.82 Å². The van der Waals surface area contributed by atoms with Crippen molar-refractivity contribution in [2.75, 3.05) is 0 Å². The van der Waals surface area contributed by atoms with Gasteiger partial charge < -0.3 is 5.32 Å². The van der Waals surface area contributed by atoms with Crippen molar-refractivity contribution in [1.29, 1.82) is 0 Å². The number of hydrogen-bond acceptors (Lipinski definition) is 3. The first-order valence-corrected chi connectivity index (χ1v) is 7.03. The summed E-state index contributed by atoms with van der Waals surface area (Å²) in [5.41, 5.74) is 2.59. The zero-order valence-electron chi connectivity index (χ0n) is 10.6. The van der Waals surface area contributed by atoms with Crippen LogP contribution in [-0.4, -0.2) is 15.9 Å². The molecule has 1 aromatic heterocycles. The molecule has 1 heterocycles. The highest BCUT2D eigenvalue weighted by atomic mass is 79.9. The lowest BCUT2D eigenvalue weighted by Crippen LogP contribution is -2.23. The summed E-state index contributed by atoms with van der Waals surface area (Å²) in [6, 6.07) is 9.28. The second kappa shape index (κ2) is 6.43. The van der Waals surface area contributed by atoms with Crippen LogP contribution in [0.1, 0.15) is 27.4 Å². The Labute approximate surface area is 120 Å². The van der Waals surface area contributed by atoms with Gasteiger partial charge in [0.25, 0.3) is 5.91 Å². The number of amides is 1. The number of nitrogens with one attached hydrogen (secondary N) is 1. The second-order valence-corrected chi connectivity index (χ2v) is 4.67. The van der Waals surface area contributed by atoms with Crippen LogP contribution in [-0.2, 0) is 11.9 Å². The zero-order chi connectivity index (χ0) is 13.7. The molecule has 0 unspecified atom stereocenters. The third kappa shape index (κ3) is 3.86. The molecule has 0 atom stereocenters. The van der Waals surface area contributed by atoms with Crippen LogP contribution in [0, 0.1) is 6.92 Å².